The van der Waals surface area contributed by atoms with Crippen molar-refractivity contribution in [1.29, 1.82) is 0 Å². The van der Waals surface area contributed by atoms with E-state index in [0.29, 0.717) is 13.1 Å². The minimum atomic E-state index is -3.74. The van der Waals surface area contributed by atoms with Crippen LogP contribution in [-0.2, 0) is 14.8 Å². The van der Waals surface area contributed by atoms with Gasteiger partial charge in [0, 0.05) is 26.2 Å². The molecule has 0 aliphatic carbocycles. The molecule has 1 aliphatic heterocycles. The maximum absolute atomic E-state index is 13.1. The summed E-state index contributed by atoms with van der Waals surface area (Å²) in [6, 6.07) is 3.29. The first-order valence-electron chi connectivity index (χ1n) is 6.23. The third kappa shape index (κ3) is 3.25. The van der Waals surface area contributed by atoms with Gasteiger partial charge in [-0.1, -0.05) is 18.2 Å². The van der Waals surface area contributed by atoms with Crippen LogP contribution in [0.5, 0.6) is 0 Å². The minimum Gasteiger partial charge on any atom is -0.337 e. The van der Waals surface area contributed by atoms with E-state index in [-0.39, 0.29) is 28.9 Å². The van der Waals surface area contributed by atoms with Crippen LogP contribution in [0.1, 0.15) is 0 Å². The second kappa shape index (κ2) is 6.13. The summed E-state index contributed by atoms with van der Waals surface area (Å²) in [5.74, 6) is -0.895. The molecule has 0 radical (unpaired) electrons. The van der Waals surface area contributed by atoms with Crippen molar-refractivity contribution in [3.63, 3.8) is 0 Å². The number of rotatable bonds is 3. The van der Waals surface area contributed by atoms with Gasteiger partial charge in [-0.3, -0.25) is 4.79 Å². The second-order valence-corrected chi connectivity index (χ2v) is 6.85. The summed E-state index contributed by atoms with van der Waals surface area (Å²) in [6.07, 6.45) is 1.20. The zero-order valence-electron chi connectivity index (χ0n) is 11.1. The molecule has 5 nitrogen and oxygen atoms in total. The Balaban J connectivity index is 2.16. The molecule has 0 N–H and O–H groups in total. The number of sulfonamides is 1. The van der Waals surface area contributed by atoms with Crippen LogP contribution in [0, 0.1) is 5.82 Å². The maximum atomic E-state index is 13.1. The predicted molar refractivity (Wildman–Crippen MR) is 76.9 cm³/mol. The molecule has 1 aromatic rings. The Labute approximate surface area is 127 Å². The molecule has 21 heavy (non-hydrogen) atoms. The molecule has 1 fully saturated rings. The first kappa shape index (κ1) is 15.9. The van der Waals surface area contributed by atoms with Gasteiger partial charge in [0.25, 0.3) is 0 Å². The van der Waals surface area contributed by atoms with Crippen molar-refractivity contribution in [2.24, 2.45) is 0 Å². The van der Waals surface area contributed by atoms with Crippen molar-refractivity contribution in [3.05, 3.63) is 41.7 Å². The van der Waals surface area contributed by atoms with Crippen LogP contribution in [-0.4, -0.2) is 49.7 Å². The molecule has 1 aliphatic rings. The molecule has 0 spiro atoms. The monoisotopic (exact) mass is 332 g/mol. The lowest BCUT2D eigenvalue weighted by Gasteiger charge is -2.33. The standard InChI is InChI=1S/C13H14ClFN2O3S/c1-2-13(18)16-5-7-17(8-6-16)21(19,20)10-3-4-12(15)11(14)9-10/h2-4,9H,1,5-8H2. The number of halogens is 2. The Bertz CT molecular complexity index is 670. The zero-order chi connectivity index (χ0) is 15.6. The summed E-state index contributed by atoms with van der Waals surface area (Å²) < 4.78 is 39.2. The smallest absolute Gasteiger partial charge is 0.246 e. The lowest BCUT2D eigenvalue weighted by Crippen LogP contribution is -2.50. The third-order valence-electron chi connectivity index (χ3n) is 3.25. The second-order valence-electron chi connectivity index (χ2n) is 4.51. The van der Waals surface area contributed by atoms with Crippen LogP contribution >= 0.6 is 11.6 Å². The van der Waals surface area contributed by atoms with Crippen molar-refractivity contribution in [2.45, 2.75) is 4.90 Å². The van der Waals surface area contributed by atoms with Gasteiger partial charge in [-0.05, 0) is 24.3 Å². The molecule has 1 heterocycles. The number of carbonyl (C=O) groups is 1. The van der Waals surface area contributed by atoms with E-state index < -0.39 is 15.8 Å². The summed E-state index contributed by atoms with van der Waals surface area (Å²) in [5, 5.41) is -0.239. The van der Waals surface area contributed by atoms with Gasteiger partial charge in [0.15, 0.2) is 0 Å². The number of piperazine rings is 1. The summed E-state index contributed by atoms with van der Waals surface area (Å²) in [5.41, 5.74) is 0. The molecule has 0 bridgehead atoms. The van der Waals surface area contributed by atoms with E-state index >= 15 is 0 Å². The Hall–Kier alpha value is -1.44. The van der Waals surface area contributed by atoms with E-state index in [2.05, 4.69) is 6.58 Å². The van der Waals surface area contributed by atoms with Crippen LogP contribution in [0.3, 0.4) is 0 Å². The molecule has 1 aromatic carbocycles. The summed E-state index contributed by atoms with van der Waals surface area (Å²) >= 11 is 5.62. The average molecular weight is 333 g/mol. The van der Waals surface area contributed by atoms with E-state index in [0.717, 1.165) is 12.1 Å². The number of hydrogen-bond acceptors (Lipinski definition) is 3. The topological polar surface area (TPSA) is 57.7 Å². The number of nitrogens with zero attached hydrogens (tertiary/aromatic N) is 2. The fraction of sp³-hybridized carbons (Fsp3) is 0.308. The molecule has 114 valence electrons. The number of amides is 1. The van der Waals surface area contributed by atoms with Gasteiger partial charge in [0.2, 0.25) is 15.9 Å². The first-order valence-corrected chi connectivity index (χ1v) is 8.04. The summed E-state index contributed by atoms with van der Waals surface area (Å²) in [6.45, 7) is 4.33. The highest BCUT2D eigenvalue weighted by molar-refractivity contribution is 7.89. The van der Waals surface area contributed by atoms with Crippen LogP contribution < -0.4 is 0 Å². The van der Waals surface area contributed by atoms with E-state index in [4.69, 9.17) is 11.6 Å². The highest BCUT2D eigenvalue weighted by atomic mass is 35.5. The lowest BCUT2D eigenvalue weighted by atomic mass is 10.3. The van der Waals surface area contributed by atoms with E-state index in [9.17, 15) is 17.6 Å². The van der Waals surface area contributed by atoms with Crippen molar-refractivity contribution in [1.82, 2.24) is 9.21 Å². The van der Waals surface area contributed by atoms with Crippen LogP contribution in [0.25, 0.3) is 0 Å². The van der Waals surface area contributed by atoms with Crippen molar-refractivity contribution in [3.8, 4) is 0 Å². The quantitative estimate of drug-likeness (QED) is 0.788. The Morgan fingerprint density at radius 3 is 2.43 bits per heavy atom. The zero-order valence-corrected chi connectivity index (χ0v) is 12.7. The molecule has 2 rings (SSSR count). The van der Waals surface area contributed by atoms with Crippen LogP contribution in [0.15, 0.2) is 35.7 Å². The first-order chi connectivity index (χ1) is 9.86. The molecule has 8 heteroatoms. The van der Waals surface area contributed by atoms with Crippen LogP contribution in [0.4, 0.5) is 4.39 Å². The van der Waals surface area contributed by atoms with Crippen molar-refractivity contribution >= 4 is 27.5 Å². The normalized spacial score (nSPS) is 16.8. The van der Waals surface area contributed by atoms with Gasteiger partial charge in [0.1, 0.15) is 5.82 Å². The largest absolute Gasteiger partial charge is 0.337 e. The fourth-order valence-electron chi connectivity index (χ4n) is 2.06. The Morgan fingerprint density at radius 1 is 1.29 bits per heavy atom. The Kier molecular flexibility index (Phi) is 4.65. The molecule has 0 atom stereocenters. The number of benzene rings is 1. The van der Waals surface area contributed by atoms with Gasteiger partial charge in [-0.25, -0.2) is 12.8 Å². The molecule has 0 aromatic heterocycles. The summed E-state index contributed by atoms with van der Waals surface area (Å²) in [4.78, 5) is 12.9. The highest BCUT2D eigenvalue weighted by Crippen LogP contribution is 2.23. The van der Waals surface area contributed by atoms with E-state index in [1.807, 2.05) is 0 Å². The van der Waals surface area contributed by atoms with Gasteiger partial charge in [-0.15, -0.1) is 0 Å². The Morgan fingerprint density at radius 2 is 1.90 bits per heavy atom. The fourth-order valence-corrected chi connectivity index (χ4v) is 3.76. The molecule has 0 saturated carbocycles. The number of hydrogen-bond donors (Lipinski definition) is 0. The minimum absolute atomic E-state index is 0.0580. The van der Waals surface area contributed by atoms with Gasteiger partial charge < -0.3 is 4.90 Å². The maximum Gasteiger partial charge on any atom is 0.246 e. The van der Waals surface area contributed by atoms with Gasteiger partial charge in [-0.2, -0.15) is 4.31 Å². The molecule has 1 amide bonds. The number of carbonyl (C=O) groups excluding carboxylic acids is 1. The third-order valence-corrected chi connectivity index (χ3v) is 5.44. The highest BCUT2D eigenvalue weighted by Gasteiger charge is 2.29. The average Bonchev–Trinajstić information content (AvgIpc) is 2.49. The van der Waals surface area contributed by atoms with E-state index in [1.54, 1.807) is 0 Å². The van der Waals surface area contributed by atoms with E-state index in [1.165, 1.54) is 21.3 Å². The van der Waals surface area contributed by atoms with Gasteiger partial charge >= 0.3 is 0 Å². The van der Waals surface area contributed by atoms with Crippen molar-refractivity contribution < 1.29 is 17.6 Å². The van der Waals surface area contributed by atoms with Gasteiger partial charge in [0.05, 0.1) is 9.92 Å². The predicted octanol–water partition coefficient (Wildman–Crippen LogP) is 1.50. The molecule has 1 saturated heterocycles. The molecular weight excluding hydrogens is 319 g/mol. The van der Waals surface area contributed by atoms with Crippen molar-refractivity contribution in [2.75, 3.05) is 26.2 Å². The van der Waals surface area contributed by atoms with Crippen LogP contribution in [0.2, 0.25) is 5.02 Å². The molecular formula is C13H14ClFN2O3S. The lowest BCUT2D eigenvalue weighted by molar-refractivity contribution is -0.127. The molecule has 0 unspecified atom stereocenters. The SMILES string of the molecule is C=CC(=O)N1CCN(S(=O)(=O)c2ccc(F)c(Cl)c2)CC1. The summed E-state index contributed by atoms with van der Waals surface area (Å²) in [7, 11) is -3.74.